The highest BCUT2D eigenvalue weighted by molar-refractivity contribution is 5.58. The van der Waals surface area contributed by atoms with E-state index in [1.807, 2.05) is 36.7 Å². The number of rotatable bonds is 4. The molecule has 0 aliphatic carbocycles. The summed E-state index contributed by atoms with van der Waals surface area (Å²) in [5, 5.41) is 0. The Kier molecular flexibility index (Phi) is 3.92. The lowest BCUT2D eigenvalue weighted by Gasteiger charge is -2.22. The van der Waals surface area contributed by atoms with Gasteiger partial charge in [0.15, 0.2) is 11.5 Å². The number of pyridine rings is 1. The van der Waals surface area contributed by atoms with Crippen LogP contribution in [0.3, 0.4) is 0 Å². The fraction of sp³-hybridized carbons (Fsp3) is 0.312. The minimum absolute atomic E-state index is 0.577. The Morgan fingerprint density at radius 2 is 1.76 bits per heavy atom. The summed E-state index contributed by atoms with van der Waals surface area (Å²) in [4.78, 5) is 6.24. The highest BCUT2D eigenvalue weighted by atomic mass is 16.6. The van der Waals surface area contributed by atoms with E-state index in [4.69, 9.17) is 15.2 Å². The van der Waals surface area contributed by atoms with E-state index in [0.29, 0.717) is 13.2 Å². The lowest BCUT2D eigenvalue weighted by atomic mass is 10.1. The van der Waals surface area contributed by atoms with Gasteiger partial charge in [0, 0.05) is 37.2 Å². The second-order valence-electron chi connectivity index (χ2n) is 5.22. The van der Waals surface area contributed by atoms with Gasteiger partial charge in [0.2, 0.25) is 0 Å². The predicted octanol–water partition coefficient (Wildman–Crippen LogP) is 2.07. The van der Waals surface area contributed by atoms with Crippen molar-refractivity contribution < 1.29 is 9.47 Å². The molecule has 0 fully saturated rings. The number of fused-ring (bicyclic) bond motifs is 1. The number of anilines is 1. The number of nitrogen functional groups attached to an aromatic ring is 1. The van der Waals surface area contributed by atoms with Gasteiger partial charge in [-0.15, -0.1) is 0 Å². The zero-order chi connectivity index (χ0) is 14.7. The number of aromatic nitrogens is 1. The molecule has 2 N–H and O–H groups in total. The normalized spacial score (nSPS) is 13.4. The molecule has 1 aliphatic heterocycles. The van der Waals surface area contributed by atoms with Crippen LogP contribution in [-0.4, -0.2) is 30.1 Å². The Balaban J connectivity index is 1.72. The molecule has 0 atom stereocenters. The predicted molar refractivity (Wildman–Crippen MR) is 81.3 cm³/mol. The molecule has 21 heavy (non-hydrogen) atoms. The van der Waals surface area contributed by atoms with Crippen LogP contribution in [0.1, 0.15) is 11.1 Å². The molecule has 110 valence electrons. The number of nitrogens with two attached hydrogens (primary N) is 1. The third-order valence-electron chi connectivity index (χ3n) is 3.45. The molecule has 0 radical (unpaired) electrons. The van der Waals surface area contributed by atoms with Crippen LogP contribution in [-0.2, 0) is 13.1 Å². The summed E-state index contributed by atoms with van der Waals surface area (Å²) >= 11 is 0. The standard InChI is InChI=1S/C16H19N3O2/c1-19(10-12-2-4-18-5-3-12)11-13-8-15-16(9-14(13)17)21-7-6-20-15/h2-5,8-9H,6-7,10-11,17H2,1H3. The van der Waals surface area contributed by atoms with Crippen LogP contribution >= 0.6 is 0 Å². The third kappa shape index (κ3) is 3.25. The van der Waals surface area contributed by atoms with Gasteiger partial charge in [0.1, 0.15) is 13.2 Å². The van der Waals surface area contributed by atoms with Gasteiger partial charge in [-0.3, -0.25) is 9.88 Å². The fourth-order valence-electron chi connectivity index (χ4n) is 2.43. The smallest absolute Gasteiger partial charge is 0.163 e. The molecular weight excluding hydrogens is 266 g/mol. The Bertz CT molecular complexity index is 616. The van der Waals surface area contributed by atoms with Gasteiger partial charge >= 0.3 is 0 Å². The summed E-state index contributed by atoms with van der Waals surface area (Å²) < 4.78 is 11.1. The van der Waals surface area contributed by atoms with Crippen LogP contribution in [0.5, 0.6) is 11.5 Å². The van der Waals surface area contributed by atoms with Crippen molar-refractivity contribution in [3.8, 4) is 11.5 Å². The average Bonchev–Trinajstić information content (AvgIpc) is 2.49. The van der Waals surface area contributed by atoms with Crippen molar-refractivity contribution in [1.29, 1.82) is 0 Å². The summed E-state index contributed by atoms with van der Waals surface area (Å²) in [5.41, 5.74) is 9.13. The molecule has 0 saturated heterocycles. The number of ether oxygens (including phenoxy) is 2. The number of nitrogens with zero attached hydrogens (tertiary/aromatic N) is 2. The first-order chi connectivity index (χ1) is 10.2. The zero-order valence-corrected chi connectivity index (χ0v) is 12.1. The second-order valence-corrected chi connectivity index (χ2v) is 5.22. The minimum Gasteiger partial charge on any atom is -0.486 e. The van der Waals surface area contributed by atoms with Gasteiger partial charge in [-0.1, -0.05) is 0 Å². The molecule has 1 aromatic carbocycles. The fourth-order valence-corrected chi connectivity index (χ4v) is 2.43. The van der Waals surface area contributed by atoms with Crippen LogP contribution < -0.4 is 15.2 Å². The molecule has 0 saturated carbocycles. The van der Waals surface area contributed by atoms with Gasteiger partial charge in [0.25, 0.3) is 0 Å². The van der Waals surface area contributed by atoms with Crippen LogP contribution in [0.4, 0.5) is 5.69 Å². The van der Waals surface area contributed by atoms with Crippen LogP contribution in [0.25, 0.3) is 0 Å². The number of hydrogen-bond donors (Lipinski definition) is 1. The Morgan fingerprint density at radius 1 is 1.10 bits per heavy atom. The van der Waals surface area contributed by atoms with Crippen LogP contribution in [0, 0.1) is 0 Å². The maximum absolute atomic E-state index is 6.11. The summed E-state index contributed by atoms with van der Waals surface area (Å²) in [5.74, 6) is 1.52. The SMILES string of the molecule is CN(Cc1ccncc1)Cc1cc2c(cc1N)OCCO2. The average molecular weight is 285 g/mol. The van der Waals surface area contributed by atoms with Crippen molar-refractivity contribution >= 4 is 5.69 Å². The first-order valence-corrected chi connectivity index (χ1v) is 6.98. The molecule has 5 nitrogen and oxygen atoms in total. The van der Waals surface area contributed by atoms with Gasteiger partial charge in [-0.25, -0.2) is 0 Å². The van der Waals surface area contributed by atoms with E-state index in [1.165, 1.54) is 5.56 Å². The molecule has 1 aliphatic rings. The summed E-state index contributed by atoms with van der Waals surface area (Å²) in [6, 6.07) is 7.87. The molecular formula is C16H19N3O2. The highest BCUT2D eigenvalue weighted by Gasteiger charge is 2.15. The molecule has 5 heteroatoms. The Labute approximate surface area is 124 Å². The molecule has 0 unspecified atom stereocenters. The van der Waals surface area contributed by atoms with E-state index in [9.17, 15) is 0 Å². The molecule has 2 heterocycles. The largest absolute Gasteiger partial charge is 0.486 e. The third-order valence-corrected chi connectivity index (χ3v) is 3.45. The van der Waals surface area contributed by atoms with Gasteiger partial charge in [-0.2, -0.15) is 0 Å². The van der Waals surface area contributed by atoms with Crippen LogP contribution in [0.15, 0.2) is 36.7 Å². The zero-order valence-electron chi connectivity index (χ0n) is 12.1. The maximum atomic E-state index is 6.11. The summed E-state index contributed by atoms with van der Waals surface area (Å²) in [6.45, 7) is 2.76. The van der Waals surface area contributed by atoms with E-state index in [1.54, 1.807) is 0 Å². The van der Waals surface area contributed by atoms with E-state index in [-0.39, 0.29) is 0 Å². The molecule has 1 aromatic heterocycles. The minimum atomic E-state index is 0.577. The highest BCUT2D eigenvalue weighted by Crippen LogP contribution is 2.34. The number of benzene rings is 1. The second kappa shape index (κ2) is 6.01. The molecule has 0 spiro atoms. The lowest BCUT2D eigenvalue weighted by Crippen LogP contribution is -2.19. The molecule has 2 aromatic rings. The first kappa shape index (κ1) is 13.7. The molecule has 0 bridgehead atoms. The maximum Gasteiger partial charge on any atom is 0.163 e. The quantitative estimate of drug-likeness (QED) is 0.871. The first-order valence-electron chi connectivity index (χ1n) is 6.98. The topological polar surface area (TPSA) is 60.6 Å². The van der Waals surface area contributed by atoms with Crippen molar-refractivity contribution in [3.63, 3.8) is 0 Å². The van der Waals surface area contributed by atoms with Crippen molar-refractivity contribution in [2.75, 3.05) is 26.0 Å². The van der Waals surface area contributed by atoms with Crippen LogP contribution in [0.2, 0.25) is 0 Å². The van der Waals surface area contributed by atoms with Crippen molar-refractivity contribution in [2.24, 2.45) is 0 Å². The number of hydrogen-bond acceptors (Lipinski definition) is 5. The monoisotopic (exact) mass is 285 g/mol. The summed E-state index contributed by atoms with van der Waals surface area (Å²) in [7, 11) is 2.07. The van der Waals surface area contributed by atoms with Gasteiger partial charge in [0.05, 0.1) is 0 Å². The Hall–Kier alpha value is -2.27. The van der Waals surface area contributed by atoms with Crippen molar-refractivity contribution in [2.45, 2.75) is 13.1 Å². The van der Waals surface area contributed by atoms with E-state index in [2.05, 4.69) is 16.9 Å². The molecule has 3 rings (SSSR count). The van der Waals surface area contributed by atoms with E-state index < -0.39 is 0 Å². The van der Waals surface area contributed by atoms with Crippen molar-refractivity contribution in [1.82, 2.24) is 9.88 Å². The summed E-state index contributed by atoms with van der Waals surface area (Å²) in [6.07, 6.45) is 3.61. The van der Waals surface area contributed by atoms with Crippen molar-refractivity contribution in [3.05, 3.63) is 47.8 Å². The molecule has 0 amide bonds. The van der Waals surface area contributed by atoms with Gasteiger partial charge < -0.3 is 15.2 Å². The van der Waals surface area contributed by atoms with Gasteiger partial charge in [-0.05, 0) is 36.4 Å². The van der Waals surface area contributed by atoms with E-state index in [0.717, 1.165) is 35.8 Å². The Morgan fingerprint density at radius 3 is 2.48 bits per heavy atom. The lowest BCUT2D eigenvalue weighted by molar-refractivity contribution is 0.171. The van der Waals surface area contributed by atoms with E-state index >= 15 is 0 Å².